The van der Waals surface area contributed by atoms with Crippen molar-refractivity contribution in [1.82, 2.24) is 4.90 Å². The third kappa shape index (κ3) is 4.77. The molecule has 0 spiro atoms. The van der Waals surface area contributed by atoms with Crippen molar-refractivity contribution in [3.05, 3.63) is 28.7 Å². The van der Waals surface area contributed by atoms with Crippen molar-refractivity contribution in [3.8, 4) is 11.5 Å². The third-order valence-corrected chi connectivity index (χ3v) is 8.59. The molecule has 1 aromatic carbocycles. The molecule has 2 amide bonds. The lowest BCUT2D eigenvalue weighted by Gasteiger charge is -2.55. The maximum Gasteiger partial charge on any atom is 0.326 e. The molecule has 5 aliphatic rings. The number of imide groups is 1. The molecule has 1 aliphatic heterocycles. The van der Waals surface area contributed by atoms with E-state index in [-0.39, 0.29) is 22.4 Å². The molecule has 1 saturated heterocycles. The number of benzene rings is 1. The smallest absolute Gasteiger partial charge is 0.326 e. The van der Waals surface area contributed by atoms with Crippen LogP contribution in [0.2, 0.25) is 0 Å². The summed E-state index contributed by atoms with van der Waals surface area (Å²) in [6.07, 6.45) is 7.71. The van der Waals surface area contributed by atoms with Gasteiger partial charge in [0.05, 0.1) is 23.5 Å². The summed E-state index contributed by atoms with van der Waals surface area (Å²) in [6, 6.07) is 5.04. The lowest BCUT2D eigenvalue weighted by molar-refractivity contribution is -0.161. The van der Waals surface area contributed by atoms with E-state index in [0.29, 0.717) is 34.8 Å². The molecule has 4 bridgehead atoms. The molecule has 4 aliphatic carbocycles. The van der Waals surface area contributed by atoms with E-state index in [2.05, 4.69) is 0 Å². The van der Waals surface area contributed by atoms with Gasteiger partial charge in [-0.25, -0.2) is 0 Å². The molecule has 0 unspecified atom stereocenters. The van der Waals surface area contributed by atoms with Crippen LogP contribution in [0.5, 0.6) is 11.5 Å². The van der Waals surface area contributed by atoms with Gasteiger partial charge < -0.3 is 14.2 Å². The van der Waals surface area contributed by atoms with Crippen LogP contribution in [0.15, 0.2) is 23.1 Å². The number of hydrogen-bond acceptors (Lipinski definition) is 8. The molecule has 9 heteroatoms. The fourth-order valence-corrected chi connectivity index (χ4v) is 7.48. The van der Waals surface area contributed by atoms with Crippen LogP contribution in [-0.2, 0) is 19.1 Å². The van der Waals surface area contributed by atoms with E-state index in [1.807, 2.05) is 0 Å². The Hall–Kier alpha value is -2.81. The largest absolute Gasteiger partial charge is 0.493 e. The molecule has 192 valence electrons. The minimum atomic E-state index is -0.639. The molecule has 1 heterocycles. The molecule has 36 heavy (non-hydrogen) atoms. The minimum Gasteiger partial charge on any atom is -0.493 e. The maximum atomic E-state index is 13.3. The van der Waals surface area contributed by atoms with Crippen LogP contribution in [0.3, 0.4) is 0 Å². The number of rotatable bonds is 7. The number of carbonyl (C=O) groups is 4. The van der Waals surface area contributed by atoms with Crippen molar-refractivity contribution in [1.29, 1.82) is 0 Å². The molecule has 0 radical (unpaired) electrons. The van der Waals surface area contributed by atoms with Gasteiger partial charge >= 0.3 is 11.9 Å². The van der Waals surface area contributed by atoms with Crippen LogP contribution in [0.25, 0.3) is 6.08 Å². The standard InChI is InChI=1S/C27H31NO7S/c1-15(2)34-23(29)14-28-24(30)22(36-26(28)32)10-16-4-5-20(21(9-16)33-3)35-25(31)27-11-17-6-18(12-27)8-19(7-17)13-27/h4-5,9-10,15,17-19H,6-8,11-14H2,1-3H3. The second-order valence-electron chi connectivity index (χ2n) is 10.8. The van der Waals surface area contributed by atoms with Crippen molar-refractivity contribution in [2.45, 2.75) is 58.5 Å². The quantitative estimate of drug-likeness (QED) is 0.291. The second-order valence-corrected chi connectivity index (χ2v) is 11.8. The van der Waals surface area contributed by atoms with Gasteiger partial charge in [-0.3, -0.25) is 24.1 Å². The highest BCUT2D eigenvalue weighted by molar-refractivity contribution is 8.18. The van der Waals surface area contributed by atoms with E-state index in [0.717, 1.165) is 35.9 Å². The Morgan fingerprint density at radius 1 is 1.08 bits per heavy atom. The minimum absolute atomic E-state index is 0.165. The predicted octanol–water partition coefficient (Wildman–Crippen LogP) is 4.80. The molecule has 8 nitrogen and oxygen atoms in total. The topological polar surface area (TPSA) is 99.2 Å². The van der Waals surface area contributed by atoms with E-state index in [9.17, 15) is 19.2 Å². The van der Waals surface area contributed by atoms with Gasteiger partial charge in [-0.05, 0) is 106 Å². The first-order valence-corrected chi connectivity index (χ1v) is 13.3. The molecule has 1 aromatic rings. The zero-order valence-electron chi connectivity index (χ0n) is 20.8. The Morgan fingerprint density at radius 3 is 2.31 bits per heavy atom. The summed E-state index contributed by atoms with van der Waals surface area (Å²) < 4.78 is 16.4. The lowest BCUT2D eigenvalue weighted by atomic mass is 9.49. The predicted molar refractivity (Wildman–Crippen MR) is 133 cm³/mol. The molecule has 0 aromatic heterocycles. The summed E-state index contributed by atoms with van der Waals surface area (Å²) in [7, 11) is 1.50. The van der Waals surface area contributed by atoms with Crippen LogP contribution in [-0.4, -0.2) is 47.7 Å². The van der Waals surface area contributed by atoms with Crippen LogP contribution in [0, 0.1) is 23.2 Å². The summed E-state index contributed by atoms with van der Waals surface area (Å²) in [4.78, 5) is 51.4. The monoisotopic (exact) mass is 513 g/mol. The molecule has 0 atom stereocenters. The molecule has 0 N–H and O–H groups in total. The van der Waals surface area contributed by atoms with Crippen molar-refractivity contribution >= 4 is 40.9 Å². The summed E-state index contributed by atoms with van der Waals surface area (Å²) in [5.74, 6) is 1.27. The summed E-state index contributed by atoms with van der Waals surface area (Å²) in [5.41, 5.74) is 0.227. The maximum absolute atomic E-state index is 13.3. The summed E-state index contributed by atoms with van der Waals surface area (Å²) in [5, 5.41) is -0.528. The highest BCUT2D eigenvalue weighted by Crippen LogP contribution is 2.60. The normalized spacial score (nSPS) is 29.8. The Bertz CT molecular complexity index is 1110. The molecule has 5 fully saturated rings. The Morgan fingerprint density at radius 2 is 1.72 bits per heavy atom. The van der Waals surface area contributed by atoms with E-state index in [1.165, 1.54) is 26.4 Å². The van der Waals surface area contributed by atoms with Gasteiger partial charge in [-0.1, -0.05) is 6.07 Å². The molecular formula is C27H31NO7S. The van der Waals surface area contributed by atoms with Crippen LogP contribution in [0.1, 0.15) is 57.9 Å². The van der Waals surface area contributed by atoms with Gasteiger partial charge in [0.2, 0.25) is 0 Å². The Balaban J connectivity index is 1.29. The van der Waals surface area contributed by atoms with E-state index in [1.54, 1.807) is 38.1 Å². The fraction of sp³-hybridized carbons (Fsp3) is 0.556. The number of carbonyl (C=O) groups excluding carboxylic acids is 4. The van der Waals surface area contributed by atoms with E-state index < -0.39 is 23.7 Å². The van der Waals surface area contributed by atoms with Crippen LogP contribution < -0.4 is 9.47 Å². The van der Waals surface area contributed by atoms with E-state index >= 15 is 0 Å². The Labute approximate surface area is 214 Å². The van der Waals surface area contributed by atoms with Crippen LogP contribution >= 0.6 is 11.8 Å². The third-order valence-electron chi connectivity index (χ3n) is 7.69. The molecule has 4 saturated carbocycles. The number of nitrogens with zero attached hydrogens (tertiary/aromatic N) is 1. The average Bonchev–Trinajstić information content (AvgIpc) is 3.05. The summed E-state index contributed by atoms with van der Waals surface area (Å²) >= 11 is 0.762. The second kappa shape index (κ2) is 9.57. The van der Waals surface area contributed by atoms with Gasteiger partial charge in [0, 0.05) is 0 Å². The Kier molecular flexibility index (Phi) is 6.61. The first kappa shape index (κ1) is 24.9. The highest BCUT2D eigenvalue weighted by Gasteiger charge is 2.55. The number of methoxy groups -OCH3 is 1. The lowest BCUT2D eigenvalue weighted by Crippen LogP contribution is -2.51. The molecule has 6 rings (SSSR count). The zero-order chi connectivity index (χ0) is 25.6. The summed E-state index contributed by atoms with van der Waals surface area (Å²) in [6.45, 7) is 2.97. The number of hydrogen-bond donors (Lipinski definition) is 0. The number of amides is 2. The van der Waals surface area contributed by atoms with Gasteiger partial charge in [-0.2, -0.15) is 0 Å². The van der Waals surface area contributed by atoms with Crippen molar-refractivity contribution in [3.63, 3.8) is 0 Å². The van der Waals surface area contributed by atoms with Crippen LogP contribution in [0.4, 0.5) is 4.79 Å². The number of ether oxygens (including phenoxy) is 3. The molecular weight excluding hydrogens is 482 g/mol. The van der Waals surface area contributed by atoms with Gasteiger partial charge in [0.1, 0.15) is 6.54 Å². The van der Waals surface area contributed by atoms with Gasteiger partial charge in [-0.15, -0.1) is 0 Å². The van der Waals surface area contributed by atoms with Gasteiger partial charge in [0.15, 0.2) is 11.5 Å². The fourth-order valence-electron chi connectivity index (χ4n) is 6.64. The zero-order valence-corrected chi connectivity index (χ0v) is 21.6. The van der Waals surface area contributed by atoms with Crippen molar-refractivity contribution in [2.24, 2.45) is 23.2 Å². The number of esters is 2. The average molecular weight is 514 g/mol. The van der Waals surface area contributed by atoms with Crippen molar-refractivity contribution in [2.75, 3.05) is 13.7 Å². The number of thioether (sulfide) groups is 1. The first-order chi connectivity index (χ1) is 17.2. The first-order valence-electron chi connectivity index (χ1n) is 12.5. The van der Waals surface area contributed by atoms with Crippen molar-refractivity contribution < 1.29 is 33.4 Å². The highest BCUT2D eigenvalue weighted by atomic mass is 32.2. The van der Waals surface area contributed by atoms with Gasteiger partial charge in [0.25, 0.3) is 11.1 Å². The SMILES string of the molecule is COc1cc(C=C2SC(=O)N(CC(=O)OC(C)C)C2=O)ccc1OC(=O)C12CC3CC(CC(C3)C1)C2. The van der Waals surface area contributed by atoms with E-state index in [4.69, 9.17) is 14.2 Å².